The van der Waals surface area contributed by atoms with Crippen LogP contribution in [0.2, 0.25) is 0 Å². The third kappa shape index (κ3) is 24.8. The van der Waals surface area contributed by atoms with Gasteiger partial charge in [-0.05, 0) is 88.5 Å². The molecule has 0 aliphatic rings. The molecule has 5 aromatic rings. The van der Waals surface area contributed by atoms with Gasteiger partial charge in [0.05, 0.1) is 66.1 Å². The molecule has 10 N–H and O–H groups in total. The molecule has 0 aliphatic carbocycles. The molecule has 0 heterocycles. The molecule has 0 bridgehead atoms. The van der Waals surface area contributed by atoms with Gasteiger partial charge in [-0.3, -0.25) is 0 Å². The van der Waals surface area contributed by atoms with E-state index < -0.39 is 37.0 Å². The average Bonchev–Trinajstić information content (AvgIpc) is 3.43. The SMILES string of the molecule is OCC(O)COc1ccc(COC(OCc2ccc(OCC(O)CO)cc2)OCc2ccc(OCC(O)CO)cc2)cc1.OCC(O)COc1ccc(COCOCc2ccc(OCC(O)CO)cc2)cc1. The molecule has 0 fully saturated rings. The minimum Gasteiger partial charge on any atom is -0.491 e. The summed E-state index contributed by atoms with van der Waals surface area (Å²) in [5.74, 6) is 2.83. The molecule has 0 aromatic heterocycles. The van der Waals surface area contributed by atoms with Gasteiger partial charge in [0.1, 0.15) is 99.1 Å². The van der Waals surface area contributed by atoms with Crippen molar-refractivity contribution in [1.82, 2.24) is 0 Å². The van der Waals surface area contributed by atoms with Crippen LogP contribution in [0.15, 0.2) is 121 Å². The first-order valence-corrected chi connectivity index (χ1v) is 23.0. The molecular weight excluding hydrogens is 945 g/mol. The van der Waals surface area contributed by atoms with Crippen LogP contribution in [-0.2, 0) is 56.7 Å². The van der Waals surface area contributed by atoms with Crippen LogP contribution in [0.1, 0.15) is 27.8 Å². The van der Waals surface area contributed by atoms with Gasteiger partial charge >= 0.3 is 0 Å². The van der Waals surface area contributed by atoms with Crippen molar-refractivity contribution in [2.24, 2.45) is 0 Å². The smallest absolute Gasteiger partial charge is 0.272 e. The summed E-state index contributed by atoms with van der Waals surface area (Å²) in [7, 11) is 0. The molecule has 0 aliphatic heterocycles. The lowest BCUT2D eigenvalue weighted by atomic mass is 10.2. The van der Waals surface area contributed by atoms with Crippen LogP contribution in [0.3, 0.4) is 0 Å². The maximum absolute atomic E-state index is 9.45. The van der Waals surface area contributed by atoms with Gasteiger partial charge in [-0.2, -0.15) is 0 Å². The van der Waals surface area contributed by atoms with Crippen LogP contribution in [0.5, 0.6) is 28.7 Å². The monoisotopic (exact) mass is 1010 g/mol. The molecule has 0 radical (unpaired) electrons. The van der Waals surface area contributed by atoms with Crippen molar-refractivity contribution in [2.75, 3.05) is 72.9 Å². The van der Waals surface area contributed by atoms with Gasteiger partial charge in [-0.1, -0.05) is 60.7 Å². The van der Waals surface area contributed by atoms with Crippen LogP contribution < -0.4 is 23.7 Å². The largest absolute Gasteiger partial charge is 0.491 e. The van der Waals surface area contributed by atoms with Gasteiger partial charge in [-0.15, -0.1) is 0 Å². The van der Waals surface area contributed by atoms with Crippen LogP contribution in [0, 0.1) is 0 Å². The zero-order chi connectivity index (χ0) is 51.8. The quantitative estimate of drug-likeness (QED) is 0.0205. The lowest BCUT2D eigenvalue weighted by Crippen LogP contribution is -2.22. The Balaban J connectivity index is 0.000000337. The van der Waals surface area contributed by atoms with Gasteiger partial charge in [-0.25, -0.2) is 0 Å². The van der Waals surface area contributed by atoms with Gasteiger partial charge in [0.15, 0.2) is 0 Å². The highest BCUT2D eigenvalue weighted by molar-refractivity contribution is 5.30. The van der Waals surface area contributed by atoms with Crippen LogP contribution in [0.25, 0.3) is 0 Å². The van der Waals surface area contributed by atoms with E-state index in [1.165, 1.54) is 0 Å². The predicted octanol–water partition coefficient (Wildman–Crippen LogP) is 1.96. The van der Waals surface area contributed by atoms with Crippen molar-refractivity contribution in [3.63, 3.8) is 0 Å². The van der Waals surface area contributed by atoms with E-state index >= 15 is 0 Å². The van der Waals surface area contributed by atoms with Crippen molar-refractivity contribution < 1.29 is 98.4 Å². The summed E-state index contributed by atoms with van der Waals surface area (Å²) in [4.78, 5) is 0. The highest BCUT2D eigenvalue weighted by Gasteiger charge is 2.14. The maximum atomic E-state index is 9.45. The molecule has 5 unspecified atom stereocenters. The maximum Gasteiger partial charge on any atom is 0.272 e. The fourth-order valence-corrected chi connectivity index (χ4v) is 5.65. The van der Waals surface area contributed by atoms with E-state index in [0.29, 0.717) is 42.0 Å². The molecule has 20 nitrogen and oxygen atoms in total. The van der Waals surface area contributed by atoms with Crippen molar-refractivity contribution in [2.45, 2.75) is 70.0 Å². The van der Waals surface area contributed by atoms with Gasteiger partial charge < -0.3 is 98.4 Å². The molecule has 5 rings (SSSR count). The third-order valence-corrected chi connectivity index (χ3v) is 9.74. The molecule has 0 amide bonds. The third-order valence-electron chi connectivity index (χ3n) is 9.74. The number of aliphatic hydroxyl groups is 10. The van der Waals surface area contributed by atoms with Crippen molar-refractivity contribution in [1.29, 1.82) is 0 Å². The second kappa shape index (κ2) is 34.8. The van der Waals surface area contributed by atoms with Crippen molar-refractivity contribution in [3.05, 3.63) is 149 Å². The minimum absolute atomic E-state index is 0.0223. The summed E-state index contributed by atoms with van der Waals surface area (Å²) in [5.41, 5.74) is 4.38. The first-order valence-electron chi connectivity index (χ1n) is 23.0. The molecule has 20 heteroatoms. The lowest BCUT2D eigenvalue weighted by Gasteiger charge is -2.20. The number of benzene rings is 5. The summed E-state index contributed by atoms with van der Waals surface area (Å²) in [6.45, 7) is -1.40. The van der Waals surface area contributed by atoms with E-state index in [9.17, 15) is 25.5 Å². The Morgan fingerprint density at radius 3 is 0.667 bits per heavy atom. The fourth-order valence-electron chi connectivity index (χ4n) is 5.65. The van der Waals surface area contributed by atoms with Crippen molar-refractivity contribution in [3.8, 4) is 28.7 Å². The molecule has 0 spiro atoms. The molecule has 5 aromatic carbocycles. The van der Waals surface area contributed by atoms with Crippen LogP contribution in [-0.4, -0.2) is 161 Å². The number of aliphatic hydroxyl groups excluding tert-OH is 10. The van der Waals surface area contributed by atoms with E-state index in [0.717, 1.165) is 27.8 Å². The molecule has 5 atom stereocenters. The Bertz CT molecular complexity index is 1910. The second-order valence-electron chi connectivity index (χ2n) is 16.0. The molecule has 396 valence electrons. The highest BCUT2D eigenvalue weighted by Crippen LogP contribution is 2.20. The molecule has 0 saturated carbocycles. The van der Waals surface area contributed by atoms with Crippen LogP contribution in [0.4, 0.5) is 0 Å². The first-order chi connectivity index (χ1) is 35.0. The summed E-state index contributed by atoms with van der Waals surface area (Å²) in [6, 6.07) is 35.7. The Morgan fingerprint density at radius 1 is 0.278 bits per heavy atom. The average molecular weight is 1010 g/mol. The molecule has 0 saturated heterocycles. The highest BCUT2D eigenvalue weighted by atomic mass is 16.8. The normalized spacial score (nSPS) is 13.7. The number of rotatable bonds is 35. The summed E-state index contributed by atoms with van der Waals surface area (Å²) >= 11 is 0. The van der Waals surface area contributed by atoms with E-state index in [1.54, 1.807) is 97.1 Å². The predicted molar refractivity (Wildman–Crippen MR) is 258 cm³/mol. The van der Waals surface area contributed by atoms with Gasteiger partial charge in [0.2, 0.25) is 0 Å². The second-order valence-corrected chi connectivity index (χ2v) is 16.0. The fraction of sp³-hybridized carbons (Fsp3) is 0.423. The van der Waals surface area contributed by atoms with E-state index in [1.807, 2.05) is 24.3 Å². The van der Waals surface area contributed by atoms with Crippen molar-refractivity contribution >= 4 is 0 Å². The zero-order valence-electron chi connectivity index (χ0n) is 39.9. The van der Waals surface area contributed by atoms with Crippen LogP contribution >= 0.6 is 0 Å². The summed E-state index contributed by atoms with van der Waals surface area (Å²) in [5, 5.41) is 91.1. The lowest BCUT2D eigenvalue weighted by molar-refractivity contribution is -0.302. The van der Waals surface area contributed by atoms with Gasteiger partial charge in [0, 0.05) is 0 Å². The Morgan fingerprint density at radius 2 is 0.472 bits per heavy atom. The Labute approximate surface area is 418 Å². The number of hydrogen-bond acceptors (Lipinski definition) is 20. The van der Waals surface area contributed by atoms with E-state index in [2.05, 4.69) is 0 Å². The van der Waals surface area contributed by atoms with E-state index in [4.69, 9.17) is 72.9 Å². The summed E-state index contributed by atoms with van der Waals surface area (Å²) in [6.07, 6.45) is -4.65. The van der Waals surface area contributed by atoms with Gasteiger partial charge in [0.25, 0.3) is 6.48 Å². The standard InChI is InChI=1S/C31H40O12.C21H28O8/c32-13-25(35)19-38-28-7-1-22(2-8-28)16-41-31(42-17-23-3-9-29(10-4-23)39-20-26(36)14-33)43-18-24-5-11-30(12-6-24)40-21-27(37)15-34;22-9-18(24)13-28-20-5-1-16(2-6-20)11-26-15-27-12-17-3-7-21(8-4-17)29-14-19(25)10-23/h1-12,25-27,31-37H,13-21H2;1-8,18-19,22-25H,9-15H2. The number of hydrogen-bond donors (Lipinski definition) is 10. The molecular formula is C52H68O20. The molecule has 72 heavy (non-hydrogen) atoms. The topological polar surface area (TPSA) is 295 Å². The Hall–Kier alpha value is -5.50. The minimum atomic E-state index is -1.03. The summed E-state index contributed by atoms with van der Waals surface area (Å²) < 4.78 is 55.7. The Kier molecular flexibility index (Phi) is 28.5. The first kappa shape index (κ1) is 59.1. The van der Waals surface area contributed by atoms with E-state index in [-0.39, 0.29) is 92.7 Å². The zero-order valence-corrected chi connectivity index (χ0v) is 39.9. The number of ether oxygens (including phenoxy) is 10.